The molecule has 17 heavy (non-hydrogen) atoms. The molecule has 1 aliphatic heterocycles. The van der Waals surface area contributed by atoms with Crippen LogP contribution in [-0.2, 0) is 14.3 Å². The fourth-order valence-electron chi connectivity index (χ4n) is 0.790. The molecule has 0 saturated carbocycles. The standard InChI is InChI=1S/C6H6.C3H6N2O2.C2H4O2/c1-2-4-6-5-3-1;4-5-1-2-7-3(5)6;1-4-2-3/h1-6H;1-2,4H2;2H,1H3. The second-order valence-electron chi connectivity index (χ2n) is 2.79. The molecule has 1 aromatic carbocycles. The number of methoxy groups -OCH3 is 1. The molecule has 1 saturated heterocycles. The second-order valence-corrected chi connectivity index (χ2v) is 2.79. The molecule has 0 unspecified atom stereocenters. The highest BCUT2D eigenvalue weighted by molar-refractivity contribution is 5.68. The summed E-state index contributed by atoms with van der Waals surface area (Å²) in [5.74, 6) is 5.04. The largest absolute Gasteiger partial charge is 0.471 e. The Morgan fingerprint density at radius 3 is 1.82 bits per heavy atom. The Bertz CT molecular complexity index is 279. The Morgan fingerprint density at radius 2 is 1.71 bits per heavy atom. The molecule has 2 N–H and O–H groups in total. The number of amides is 1. The average molecular weight is 240 g/mol. The summed E-state index contributed by atoms with van der Waals surface area (Å²) in [6, 6.07) is 12.0. The van der Waals surface area contributed by atoms with Crippen LogP contribution in [-0.4, -0.2) is 37.8 Å². The molecule has 1 amide bonds. The van der Waals surface area contributed by atoms with E-state index in [2.05, 4.69) is 9.47 Å². The van der Waals surface area contributed by atoms with E-state index in [1.54, 1.807) is 0 Å². The highest BCUT2D eigenvalue weighted by Crippen LogP contribution is 1.93. The van der Waals surface area contributed by atoms with Crippen molar-refractivity contribution in [3.8, 4) is 0 Å². The van der Waals surface area contributed by atoms with Gasteiger partial charge in [-0.05, 0) is 0 Å². The summed E-state index contributed by atoms with van der Waals surface area (Å²) in [7, 11) is 1.31. The lowest BCUT2D eigenvalue weighted by atomic mass is 10.4. The predicted octanol–water partition coefficient (Wildman–Crippen LogP) is 0.788. The number of nitrogens with two attached hydrogens (primary N) is 1. The summed E-state index contributed by atoms with van der Waals surface area (Å²) in [6.45, 7) is 1.31. The van der Waals surface area contributed by atoms with E-state index in [0.717, 1.165) is 5.01 Å². The molecular weight excluding hydrogens is 224 g/mol. The Labute approximate surface area is 99.9 Å². The number of nitrogens with zero attached hydrogens (tertiary/aromatic N) is 1. The number of hydrazine groups is 1. The van der Waals surface area contributed by atoms with Crippen LogP contribution in [0, 0.1) is 0 Å². The van der Waals surface area contributed by atoms with Gasteiger partial charge in [0.15, 0.2) is 0 Å². The maximum absolute atomic E-state index is 10.2. The van der Waals surface area contributed by atoms with Gasteiger partial charge in [0, 0.05) is 0 Å². The van der Waals surface area contributed by atoms with Crippen LogP contribution in [0.3, 0.4) is 0 Å². The maximum atomic E-state index is 10.2. The minimum Gasteiger partial charge on any atom is -0.471 e. The van der Waals surface area contributed by atoms with Crippen LogP contribution >= 0.6 is 0 Å². The van der Waals surface area contributed by atoms with E-state index < -0.39 is 6.09 Å². The molecule has 0 aromatic heterocycles. The first-order chi connectivity index (χ1) is 8.22. The monoisotopic (exact) mass is 240 g/mol. The normalized spacial score (nSPS) is 12.4. The number of benzene rings is 1. The van der Waals surface area contributed by atoms with Crippen molar-refractivity contribution in [2.24, 2.45) is 5.84 Å². The van der Waals surface area contributed by atoms with Gasteiger partial charge in [-0.2, -0.15) is 0 Å². The van der Waals surface area contributed by atoms with Crippen LogP contribution in [0.4, 0.5) is 4.79 Å². The minimum absolute atomic E-state index is 0.375. The van der Waals surface area contributed by atoms with E-state index in [4.69, 9.17) is 10.6 Å². The van der Waals surface area contributed by atoms with Crippen molar-refractivity contribution in [3.05, 3.63) is 36.4 Å². The summed E-state index contributed by atoms with van der Waals surface area (Å²) in [5.41, 5.74) is 0. The smallest absolute Gasteiger partial charge is 0.424 e. The number of rotatable bonds is 1. The first kappa shape index (κ1) is 14.9. The van der Waals surface area contributed by atoms with Gasteiger partial charge in [0.1, 0.15) is 6.61 Å². The van der Waals surface area contributed by atoms with Crippen LogP contribution in [0.5, 0.6) is 0 Å². The quantitative estimate of drug-likeness (QED) is 0.446. The Kier molecular flexibility index (Phi) is 9.16. The molecule has 0 atom stereocenters. The molecule has 1 aliphatic rings. The molecule has 0 aliphatic carbocycles. The number of hydrogen-bond donors (Lipinski definition) is 1. The van der Waals surface area contributed by atoms with Gasteiger partial charge >= 0.3 is 6.09 Å². The van der Waals surface area contributed by atoms with Crippen LogP contribution < -0.4 is 5.84 Å². The summed E-state index contributed by atoms with van der Waals surface area (Å²) < 4.78 is 8.29. The fourth-order valence-corrected chi connectivity index (χ4v) is 0.790. The summed E-state index contributed by atoms with van der Waals surface area (Å²) in [5, 5.41) is 1.04. The zero-order chi connectivity index (χ0) is 12.9. The van der Waals surface area contributed by atoms with Crippen molar-refractivity contribution in [1.82, 2.24) is 5.01 Å². The van der Waals surface area contributed by atoms with E-state index in [-0.39, 0.29) is 0 Å². The molecule has 0 bridgehead atoms. The molecular formula is C11H16N2O4. The number of hydrogen-bond acceptors (Lipinski definition) is 5. The predicted molar refractivity (Wildman–Crippen MR) is 61.8 cm³/mol. The van der Waals surface area contributed by atoms with Gasteiger partial charge in [-0.15, -0.1) is 0 Å². The van der Waals surface area contributed by atoms with E-state index in [1.807, 2.05) is 36.4 Å². The lowest BCUT2D eigenvalue weighted by molar-refractivity contribution is -0.126. The van der Waals surface area contributed by atoms with Gasteiger partial charge in [-0.1, -0.05) is 36.4 Å². The number of ether oxygens (including phenoxy) is 2. The van der Waals surface area contributed by atoms with Crippen molar-refractivity contribution in [2.75, 3.05) is 20.3 Å². The highest BCUT2D eigenvalue weighted by atomic mass is 16.6. The third-order valence-electron chi connectivity index (χ3n) is 1.56. The number of carbonyl (C=O) groups excluding carboxylic acids is 2. The van der Waals surface area contributed by atoms with Gasteiger partial charge < -0.3 is 9.47 Å². The van der Waals surface area contributed by atoms with Crippen LogP contribution in [0.15, 0.2) is 36.4 Å². The summed E-state index contributed by atoms with van der Waals surface area (Å²) in [4.78, 5) is 19.1. The fraction of sp³-hybridized carbons (Fsp3) is 0.273. The zero-order valence-electron chi connectivity index (χ0n) is 9.61. The van der Waals surface area contributed by atoms with Gasteiger partial charge in [-0.3, -0.25) is 4.79 Å². The minimum atomic E-state index is -0.431. The van der Waals surface area contributed by atoms with E-state index in [9.17, 15) is 4.79 Å². The number of carbonyl (C=O) groups is 2. The molecule has 1 heterocycles. The van der Waals surface area contributed by atoms with Gasteiger partial charge in [0.05, 0.1) is 13.7 Å². The van der Waals surface area contributed by atoms with Crippen LogP contribution in [0.25, 0.3) is 0 Å². The molecule has 1 aromatic rings. The first-order valence-corrected chi connectivity index (χ1v) is 4.87. The van der Waals surface area contributed by atoms with Crippen molar-refractivity contribution >= 4 is 12.6 Å². The van der Waals surface area contributed by atoms with Crippen molar-refractivity contribution in [1.29, 1.82) is 0 Å². The topological polar surface area (TPSA) is 81.9 Å². The van der Waals surface area contributed by atoms with Crippen LogP contribution in [0.1, 0.15) is 0 Å². The van der Waals surface area contributed by atoms with Crippen molar-refractivity contribution in [2.45, 2.75) is 0 Å². The zero-order valence-corrected chi connectivity index (χ0v) is 9.61. The third-order valence-corrected chi connectivity index (χ3v) is 1.56. The van der Waals surface area contributed by atoms with E-state index >= 15 is 0 Å². The lowest BCUT2D eigenvalue weighted by Gasteiger charge is -1.98. The first-order valence-electron chi connectivity index (χ1n) is 4.87. The second kappa shape index (κ2) is 10.4. The highest BCUT2D eigenvalue weighted by Gasteiger charge is 2.16. The molecule has 6 nitrogen and oxygen atoms in total. The van der Waals surface area contributed by atoms with E-state index in [1.165, 1.54) is 7.11 Å². The van der Waals surface area contributed by atoms with Gasteiger partial charge in [0.25, 0.3) is 6.47 Å². The SMILES string of the molecule is COC=O.NN1CCOC1=O.c1ccccc1. The summed E-state index contributed by atoms with van der Waals surface area (Å²) >= 11 is 0. The maximum Gasteiger partial charge on any atom is 0.424 e. The Hall–Kier alpha value is -2.08. The lowest BCUT2D eigenvalue weighted by Crippen LogP contribution is -2.31. The van der Waals surface area contributed by atoms with E-state index in [0.29, 0.717) is 19.6 Å². The Balaban J connectivity index is 0.000000236. The van der Waals surface area contributed by atoms with Gasteiger partial charge in [0.2, 0.25) is 0 Å². The van der Waals surface area contributed by atoms with Crippen LogP contribution in [0.2, 0.25) is 0 Å². The van der Waals surface area contributed by atoms with Crippen molar-refractivity contribution < 1.29 is 19.1 Å². The molecule has 0 spiro atoms. The van der Waals surface area contributed by atoms with Crippen molar-refractivity contribution in [3.63, 3.8) is 0 Å². The van der Waals surface area contributed by atoms with Gasteiger partial charge in [-0.25, -0.2) is 15.6 Å². The summed E-state index contributed by atoms with van der Waals surface area (Å²) in [6.07, 6.45) is -0.431. The molecule has 0 radical (unpaired) electrons. The number of cyclic esters (lactones) is 1. The molecule has 94 valence electrons. The third kappa shape index (κ3) is 8.88. The average Bonchev–Trinajstić information content (AvgIpc) is 2.77. The Morgan fingerprint density at radius 1 is 1.29 bits per heavy atom. The molecule has 6 heteroatoms. The molecule has 2 rings (SSSR count). The molecule has 1 fully saturated rings.